The summed E-state index contributed by atoms with van der Waals surface area (Å²) in [6.07, 6.45) is 13.7. The van der Waals surface area contributed by atoms with E-state index in [1.54, 1.807) is 0 Å². The minimum atomic E-state index is 0.361. The number of rotatable bonds is 7. The molecule has 2 unspecified atom stereocenters. The molecule has 0 amide bonds. The van der Waals surface area contributed by atoms with Gasteiger partial charge in [0, 0.05) is 39.8 Å². The molecule has 0 bridgehead atoms. The molecule has 0 N–H and O–H groups in total. The van der Waals surface area contributed by atoms with Crippen LogP contribution in [0.15, 0.2) is 212 Å². The molecule has 0 radical (unpaired) electrons. The van der Waals surface area contributed by atoms with Gasteiger partial charge < -0.3 is 9.47 Å². The van der Waals surface area contributed by atoms with Gasteiger partial charge in [-0.3, -0.25) is 0 Å². The Balaban J connectivity index is 1.01. The summed E-state index contributed by atoms with van der Waals surface area (Å²) < 4.78 is 2.43. The van der Waals surface area contributed by atoms with Crippen LogP contribution in [0.5, 0.6) is 0 Å². The van der Waals surface area contributed by atoms with Crippen LogP contribution in [0.4, 0.5) is 17.1 Å². The molecule has 8 aromatic rings. The summed E-state index contributed by atoms with van der Waals surface area (Å²) in [5.41, 5.74) is 15.6. The molecular weight excluding hydrogens is 653 g/mol. The number of hydrogen-bond acceptors (Lipinski definition) is 1. The third-order valence-corrected chi connectivity index (χ3v) is 11.0. The Labute approximate surface area is 316 Å². The van der Waals surface area contributed by atoms with Gasteiger partial charge in [0.25, 0.3) is 0 Å². The number of aromatic nitrogens is 1. The molecule has 7 aromatic carbocycles. The van der Waals surface area contributed by atoms with Crippen molar-refractivity contribution in [3.63, 3.8) is 0 Å². The molecule has 1 aromatic heterocycles. The maximum absolute atomic E-state index is 2.43. The summed E-state index contributed by atoms with van der Waals surface area (Å²) in [5, 5.41) is 1.33. The third kappa shape index (κ3) is 5.60. The maximum Gasteiger partial charge on any atom is 0.0540 e. The topological polar surface area (TPSA) is 8.17 Å². The van der Waals surface area contributed by atoms with Gasteiger partial charge in [0.15, 0.2) is 0 Å². The van der Waals surface area contributed by atoms with Gasteiger partial charge in [-0.2, -0.15) is 0 Å². The summed E-state index contributed by atoms with van der Waals surface area (Å²) in [5.74, 6) is 0.767. The van der Waals surface area contributed by atoms with Crippen LogP contribution in [0.2, 0.25) is 0 Å². The van der Waals surface area contributed by atoms with E-state index in [2.05, 4.69) is 228 Å². The van der Waals surface area contributed by atoms with Crippen molar-refractivity contribution in [2.75, 3.05) is 4.90 Å². The molecular formula is C52H38N2. The predicted molar refractivity (Wildman–Crippen MR) is 228 cm³/mol. The summed E-state index contributed by atoms with van der Waals surface area (Å²) in [6.45, 7) is 0. The molecule has 2 nitrogen and oxygen atoms in total. The number of anilines is 3. The second-order valence-corrected chi connectivity index (χ2v) is 14.1. The van der Waals surface area contributed by atoms with Crippen LogP contribution < -0.4 is 4.90 Å². The lowest BCUT2D eigenvalue weighted by Crippen LogP contribution is -2.13. The van der Waals surface area contributed by atoms with Crippen LogP contribution >= 0.6 is 0 Å². The van der Waals surface area contributed by atoms with Gasteiger partial charge in [0.05, 0.1) is 16.9 Å². The molecule has 10 rings (SSSR count). The van der Waals surface area contributed by atoms with E-state index in [0.717, 1.165) is 17.1 Å². The Morgan fingerprint density at radius 1 is 0.426 bits per heavy atom. The van der Waals surface area contributed by atoms with Crippen molar-refractivity contribution in [2.45, 2.75) is 5.92 Å². The SMILES string of the molecule is C1=CC2C=Cc3c(c4ccccc4n3-c3ccc(-c4ccc(N(c5ccc(-c6ccccc6)cc5)c5ccccc5-c5ccccc5)cc4)cc3)C2C=C1. The summed E-state index contributed by atoms with van der Waals surface area (Å²) in [7, 11) is 0. The number of nitrogens with zero attached hydrogens (tertiary/aromatic N) is 2. The first-order valence-corrected chi connectivity index (χ1v) is 18.8. The zero-order valence-electron chi connectivity index (χ0n) is 29.8. The van der Waals surface area contributed by atoms with Gasteiger partial charge >= 0.3 is 0 Å². The Hall–Kier alpha value is -6.90. The van der Waals surface area contributed by atoms with E-state index < -0.39 is 0 Å². The largest absolute Gasteiger partial charge is 0.310 e. The van der Waals surface area contributed by atoms with Gasteiger partial charge in [-0.25, -0.2) is 0 Å². The highest BCUT2D eigenvalue weighted by Crippen LogP contribution is 2.45. The van der Waals surface area contributed by atoms with E-state index in [4.69, 9.17) is 0 Å². The van der Waals surface area contributed by atoms with E-state index in [9.17, 15) is 0 Å². The Bertz CT molecular complexity index is 2680. The number of hydrogen-bond donors (Lipinski definition) is 0. The number of para-hydroxylation sites is 2. The quantitative estimate of drug-likeness (QED) is 0.162. The van der Waals surface area contributed by atoms with Gasteiger partial charge in [-0.1, -0.05) is 164 Å². The molecule has 2 aliphatic carbocycles. The highest BCUT2D eigenvalue weighted by molar-refractivity contribution is 5.92. The molecule has 0 aliphatic heterocycles. The van der Waals surface area contributed by atoms with Crippen molar-refractivity contribution in [1.29, 1.82) is 0 Å². The monoisotopic (exact) mass is 690 g/mol. The van der Waals surface area contributed by atoms with E-state index in [0.29, 0.717) is 11.8 Å². The van der Waals surface area contributed by atoms with Gasteiger partial charge in [0.1, 0.15) is 0 Å². The molecule has 0 spiro atoms. The molecule has 0 saturated carbocycles. The minimum Gasteiger partial charge on any atom is -0.310 e. The molecule has 2 atom stereocenters. The van der Waals surface area contributed by atoms with Crippen molar-refractivity contribution >= 4 is 34.0 Å². The van der Waals surface area contributed by atoms with Crippen LogP contribution in [-0.2, 0) is 0 Å². The second-order valence-electron chi connectivity index (χ2n) is 14.1. The van der Waals surface area contributed by atoms with Crippen LogP contribution in [-0.4, -0.2) is 4.57 Å². The zero-order chi connectivity index (χ0) is 35.8. The molecule has 2 heteroatoms. The van der Waals surface area contributed by atoms with E-state index >= 15 is 0 Å². The van der Waals surface area contributed by atoms with Crippen molar-refractivity contribution in [3.8, 4) is 39.1 Å². The zero-order valence-corrected chi connectivity index (χ0v) is 29.8. The fraction of sp³-hybridized carbons (Fsp3) is 0.0385. The first kappa shape index (κ1) is 31.8. The van der Waals surface area contributed by atoms with E-state index in [1.807, 2.05) is 0 Å². The number of allylic oxidation sites excluding steroid dienone is 5. The molecule has 256 valence electrons. The molecule has 0 fully saturated rings. The van der Waals surface area contributed by atoms with Gasteiger partial charge in [-0.15, -0.1) is 0 Å². The summed E-state index contributed by atoms with van der Waals surface area (Å²) in [6, 6.07) is 65.7. The lowest BCUT2D eigenvalue weighted by atomic mass is 9.78. The van der Waals surface area contributed by atoms with Crippen LogP contribution in [0.25, 0.3) is 56.0 Å². The first-order valence-electron chi connectivity index (χ1n) is 18.8. The van der Waals surface area contributed by atoms with E-state index in [1.165, 1.54) is 61.2 Å². The highest BCUT2D eigenvalue weighted by Gasteiger charge is 2.29. The lowest BCUT2D eigenvalue weighted by molar-refractivity contribution is 0.693. The number of fused-ring (bicyclic) bond motifs is 5. The summed E-state index contributed by atoms with van der Waals surface area (Å²) in [4.78, 5) is 2.37. The Morgan fingerprint density at radius 3 is 1.65 bits per heavy atom. The third-order valence-electron chi connectivity index (χ3n) is 11.0. The molecule has 0 saturated heterocycles. The molecule has 2 aliphatic rings. The van der Waals surface area contributed by atoms with Gasteiger partial charge in [-0.05, 0) is 88.0 Å². The average molecular weight is 691 g/mol. The van der Waals surface area contributed by atoms with Gasteiger partial charge in [0.2, 0.25) is 0 Å². The van der Waals surface area contributed by atoms with Crippen LogP contribution in [0.3, 0.4) is 0 Å². The smallest absolute Gasteiger partial charge is 0.0540 e. The molecule has 1 heterocycles. The van der Waals surface area contributed by atoms with E-state index in [-0.39, 0.29) is 0 Å². The Morgan fingerprint density at radius 2 is 0.963 bits per heavy atom. The van der Waals surface area contributed by atoms with Crippen molar-refractivity contribution in [1.82, 2.24) is 4.57 Å². The van der Waals surface area contributed by atoms with Crippen molar-refractivity contribution < 1.29 is 0 Å². The average Bonchev–Trinajstić information content (AvgIpc) is 3.60. The maximum atomic E-state index is 2.43. The standard InChI is InChI=1S/C52H38N2/c1-3-13-37(14-4-1)38-23-30-43(31-24-38)53(49-21-11-9-18-46(49)41-15-5-2-6-16-41)44-32-25-39(26-33-44)40-27-34-45(35-28-40)54-50-22-12-10-20-48(50)52-47-19-8-7-17-42(47)29-36-51(52)54/h1-36,42,47H. The van der Waals surface area contributed by atoms with Crippen molar-refractivity contribution in [2.24, 2.45) is 5.92 Å². The Kier molecular flexibility index (Phi) is 8.00. The first-order chi connectivity index (χ1) is 26.8. The predicted octanol–water partition coefficient (Wildman–Crippen LogP) is 14.0. The fourth-order valence-corrected chi connectivity index (χ4v) is 8.37. The minimum absolute atomic E-state index is 0.361. The van der Waals surface area contributed by atoms with Crippen LogP contribution in [0, 0.1) is 5.92 Å². The lowest BCUT2D eigenvalue weighted by Gasteiger charge is -2.28. The molecule has 54 heavy (non-hydrogen) atoms. The van der Waals surface area contributed by atoms with Crippen molar-refractivity contribution in [3.05, 3.63) is 224 Å². The fourth-order valence-electron chi connectivity index (χ4n) is 8.37. The number of benzene rings is 7. The van der Waals surface area contributed by atoms with Crippen LogP contribution in [0.1, 0.15) is 17.2 Å². The second kappa shape index (κ2) is 13.6. The summed E-state index contributed by atoms with van der Waals surface area (Å²) >= 11 is 0. The normalized spacial score (nSPS) is 15.6. The highest BCUT2D eigenvalue weighted by atomic mass is 15.1.